The average molecular weight is 272 g/mol. The minimum absolute atomic E-state index is 0.126. The first-order valence-electron chi connectivity index (χ1n) is 7.06. The molecule has 2 rings (SSSR count). The van der Waals surface area contributed by atoms with Crippen molar-refractivity contribution in [2.24, 2.45) is 5.73 Å². The van der Waals surface area contributed by atoms with Gasteiger partial charge in [-0.1, -0.05) is 18.2 Å². The molecule has 1 heterocycles. The van der Waals surface area contributed by atoms with E-state index in [1.807, 2.05) is 12.5 Å². The van der Waals surface area contributed by atoms with Crippen LogP contribution in [-0.2, 0) is 0 Å². The lowest BCUT2D eigenvalue weighted by Crippen LogP contribution is -2.32. The number of likely N-dealkylation sites (N-methyl/N-ethyl adjacent to an activating group) is 1. The van der Waals surface area contributed by atoms with Crippen LogP contribution < -0.4 is 10.6 Å². The number of hydrogen-bond donors (Lipinski definition) is 1. The van der Waals surface area contributed by atoms with E-state index in [4.69, 9.17) is 5.73 Å². The summed E-state index contributed by atoms with van der Waals surface area (Å²) in [6.07, 6.45) is 3.81. The molecule has 4 nitrogen and oxygen atoms in total. The summed E-state index contributed by atoms with van der Waals surface area (Å²) < 4.78 is 2.19. The number of imidazole rings is 1. The Labute approximate surface area is 121 Å². The third-order valence-electron chi connectivity index (χ3n) is 3.78. The van der Waals surface area contributed by atoms with Gasteiger partial charge in [-0.3, -0.25) is 0 Å². The zero-order chi connectivity index (χ0) is 14.7. The first-order chi connectivity index (χ1) is 9.56. The number of benzene rings is 1. The van der Waals surface area contributed by atoms with E-state index >= 15 is 0 Å². The highest BCUT2D eigenvalue weighted by atomic mass is 15.2. The molecule has 1 atom stereocenters. The van der Waals surface area contributed by atoms with Crippen molar-refractivity contribution in [3.05, 3.63) is 48.0 Å². The van der Waals surface area contributed by atoms with Gasteiger partial charge >= 0.3 is 0 Å². The summed E-state index contributed by atoms with van der Waals surface area (Å²) in [5.74, 6) is 0. The minimum Gasteiger partial charge on any atom is -0.364 e. The van der Waals surface area contributed by atoms with Crippen molar-refractivity contribution in [1.29, 1.82) is 0 Å². The zero-order valence-corrected chi connectivity index (χ0v) is 12.7. The Morgan fingerprint density at radius 2 is 2.00 bits per heavy atom. The van der Waals surface area contributed by atoms with E-state index in [9.17, 15) is 0 Å². The molecule has 0 saturated carbocycles. The number of aromatic nitrogens is 2. The molecule has 0 aliphatic rings. The second-order valence-corrected chi connectivity index (χ2v) is 5.47. The van der Waals surface area contributed by atoms with Crippen LogP contribution in [0.4, 0.5) is 5.69 Å². The van der Waals surface area contributed by atoms with Crippen molar-refractivity contribution in [3.8, 4) is 0 Å². The van der Waals surface area contributed by atoms with Crippen molar-refractivity contribution in [1.82, 2.24) is 9.55 Å². The molecule has 20 heavy (non-hydrogen) atoms. The number of hydrogen-bond acceptors (Lipinski definition) is 3. The molecule has 0 fully saturated rings. The lowest BCUT2D eigenvalue weighted by molar-refractivity contribution is 0.533. The van der Waals surface area contributed by atoms with Crippen LogP contribution in [0.5, 0.6) is 0 Å². The van der Waals surface area contributed by atoms with Gasteiger partial charge in [0.1, 0.15) is 0 Å². The quantitative estimate of drug-likeness (QED) is 0.910. The molecular weight excluding hydrogens is 248 g/mol. The average Bonchev–Trinajstić information content (AvgIpc) is 2.89. The largest absolute Gasteiger partial charge is 0.364 e. The van der Waals surface area contributed by atoms with Gasteiger partial charge in [0, 0.05) is 25.3 Å². The van der Waals surface area contributed by atoms with E-state index in [-0.39, 0.29) is 6.04 Å². The number of rotatable bonds is 5. The lowest BCUT2D eigenvalue weighted by Gasteiger charge is -2.31. The molecule has 0 radical (unpaired) electrons. The maximum Gasteiger partial charge on any atom is 0.0951 e. The van der Waals surface area contributed by atoms with Crippen molar-refractivity contribution < 1.29 is 0 Å². The summed E-state index contributed by atoms with van der Waals surface area (Å²) in [6, 6.07) is 8.88. The molecule has 1 unspecified atom stereocenters. The smallest absolute Gasteiger partial charge is 0.0951 e. The summed E-state index contributed by atoms with van der Waals surface area (Å²) in [7, 11) is 2.09. The van der Waals surface area contributed by atoms with Crippen molar-refractivity contribution >= 4 is 5.69 Å². The Morgan fingerprint density at radius 1 is 1.30 bits per heavy atom. The van der Waals surface area contributed by atoms with Crippen LogP contribution in [0.3, 0.4) is 0 Å². The van der Waals surface area contributed by atoms with E-state index in [2.05, 4.69) is 66.5 Å². The fourth-order valence-electron chi connectivity index (χ4n) is 2.61. The molecular formula is C16H24N4. The predicted molar refractivity (Wildman–Crippen MR) is 84.0 cm³/mol. The second-order valence-electron chi connectivity index (χ2n) is 5.47. The van der Waals surface area contributed by atoms with Gasteiger partial charge in [-0.2, -0.15) is 0 Å². The molecule has 2 N–H and O–H groups in total. The number of anilines is 1. The molecule has 0 saturated heterocycles. The molecule has 4 heteroatoms. The Kier molecular flexibility index (Phi) is 4.45. The topological polar surface area (TPSA) is 47.1 Å². The van der Waals surface area contributed by atoms with Gasteiger partial charge in [-0.05, 0) is 32.4 Å². The van der Waals surface area contributed by atoms with E-state index < -0.39 is 0 Å². The molecule has 0 amide bonds. The lowest BCUT2D eigenvalue weighted by atomic mass is 10.1. The van der Waals surface area contributed by atoms with E-state index in [0.29, 0.717) is 12.6 Å². The predicted octanol–water partition coefficient (Wildman–Crippen LogP) is 2.91. The van der Waals surface area contributed by atoms with Crippen LogP contribution in [0.15, 0.2) is 36.8 Å². The zero-order valence-electron chi connectivity index (χ0n) is 12.7. The van der Waals surface area contributed by atoms with Gasteiger partial charge in [0.15, 0.2) is 0 Å². The van der Waals surface area contributed by atoms with Gasteiger partial charge in [0.25, 0.3) is 0 Å². The van der Waals surface area contributed by atoms with Crippen LogP contribution in [0.2, 0.25) is 0 Å². The number of aryl methyl sites for hydroxylation is 1. The van der Waals surface area contributed by atoms with E-state index in [1.165, 1.54) is 11.3 Å². The fourth-order valence-corrected chi connectivity index (χ4v) is 2.61. The first kappa shape index (κ1) is 14.6. The number of nitrogens with zero attached hydrogens (tertiary/aromatic N) is 3. The number of para-hydroxylation sites is 1. The summed E-state index contributed by atoms with van der Waals surface area (Å²) in [6.45, 7) is 7.00. The van der Waals surface area contributed by atoms with Gasteiger partial charge in [0.05, 0.1) is 24.3 Å². The van der Waals surface area contributed by atoms with Crippen LogP contribution in [0.1, 0.15) is 37.2 Å². The maximum atomic E-state index is 6.04. The molecule has 108 valence electrons. The third kappa shape index (κ3) is 2.70. The molecule has 0 aliphatic heterocycles. The van der Waals surface area contributed by atoms with Gasteiger partial charge in [0.2, 0.25) is 0 Å². The Morgan fingerprint density at radius 3 is 2.60 bits per heavy atom. The van der Waals surface area contributed by atoms with Crippen LogP contribution in [0.25, 0.3) is 0 Å². The molecule has 0 aliphatic carbocycles. The van der Waals surface area contributed by atoms with Crippen LogP contribution in [-0.4, -0.2) is 23.1 Å². The van der Waals surface area contributed by atoms with Crippen molar-refractivity contribution in [2.45, 2.75) is 32.9 Å². The van der Waals surface area contributed by atoms with Crippen molar-refractivity contribution in [2.75, 3.05) is 18.5 Å². The number of nitrogens with two attached hydrogens (primary N) is 1. The maximum absolute atomic E-state index is 6.04. The second kappa shape index (κ2) is 6.09. The standard InChI is InChI=1S/C16H24N4/c1-12(2)20-11-18-10-16(20)15(9-17)19(4)14-8-6-5-7-13(14)3/h5-8,10-12,15H,9,17H2,1-4H3. The Hall–Kier alpha value is -1.81. The molecule has 0 bridgehead atoms. The van der Waals surface area contributed by atoms with Crippen LogP contribution in [0, 0.1) is 6.92 Å². The fraction of sp³-hybridized carbons (Fsp3) is 0.438. The minimum atomic E-state index is 0.126. The normalized spacial score (nSPS) is 12.7. The highest BCUT2D eigenvalue weighted by Gasteiger charge is 2.21. The molecule has 0 spiro atoms. The monoisotopic (exact) mass is 272 g/mol. The highest BCUT2D eigenvalue weighted by Crippen LogP contribution is 2.28. The van der Waals surface area contributed by atoms with Gasteiger partial charge in [-0.25, -0.2) is 4.98 Å². The SMILES string of the molecule is Cc1ccccc1N(C)C(CN)c1cncn1C(C)C. The van der Waals surface area contributed by atoms with E-state index in [0.717, 1.165) is 5.69 Å². The third-order valence-corrected chi connectivity index (χ3v) is 3.78. The van der Waals surface area contributed by atoms with Gasteiger partial charge < -0.3 is 15.2 Å². The van der Waals surface area contributed by atoms with E-state index in [1.54, 1.807) is 0 Å². The van der Waals surface area contributed by atoms with Gasteiger partial charge in [-0.15, -0.1) is 0 Å². The first-order valence-corrected chi connectivity index (χ1v) is 7.06. The van der Waals surface area contributed by atoms with Crippen LogP contribution >= 0.6 is 0 Å². The Balaban J connectivity index is 2.37. The molecule has 1 aromatic carbocycles. The van der Waals surface area contributed by atoms with Crippen molar-refractivity contribution in [3.63, 3.8) is 0 Å². The summed E-state index contributed by atoms with van der Waals surface area (Å²) >= 11 is 0. The summed E-state index contributed by atoms with van der Waals surface area (Å²) in [5, 5.41) is 0. The molecule has 2 aromatic rings. The highest BCUT2D eigenvalue weighted by molar-refractivity contribution is 5.53. The molecule has 1 aromatic heterocycles. The Bertz CT molecular complexity index is 559. The summed E-state index contributed by atoms with van der Waals surface area (Å²) in [5.41, 5.74) is 9.66. The summed E-state index contributed by atoms with van der Waals surface area (Å²) in [4.78, 5) is 6.53.